The van der Waals surface area contributed by atoms with Crippen molar-refractivity contribution in [3.8, 4) is 0 Å². The summed E-state index contributed by atoms with van der Waals surface area (Å²) in [5.74, 6) is 1.26. The monoisotopic (exact) mass is 328 g/mol. The summed E-state index contributed by atoms with van der Waals surface area (Å²) in [4.78, 5) is 25.6. The minimum atomic E-state index is -0.134. The molecule has 1 fully saturated rings. The molecule has 6 nitrogen and oxygen atoms in total. The lowest BCUT2D eigenvalue weighted by molar-refractivity contribution is -0.116. The Bertz CT molecular complexity index is 708. The molecule has 1 aliphatic rings. The molecular formula is C18H24N4O2. The van der Waals surface area contributed by atoms with E-state index in [1.807, 2.05) is 6.07 Å². The van der Waals surface area contributed by atoms with Crippen LogP contribution in [-0.2, 0) is 17.6 Å². The summed E-state index contributed by atoms with van der Waals surface area (Å²) < 4.78 is 0. The Labute approximate surface area is 141 Å². The van der Waals surface area contributed by atoms with Crippen LogP contribution < -0.4 is 10.9 Å². The normalized spacial score (nSPS) is 15.3. The number of aromatic amines is 2. The highest BCUT2D eigenvalue weighted by Gasteiger charge is 2.15. The number of amides is 1. The maximum atomic E-state index is 12.0. The molecule has 3 N–H and O–H groups in total. The van der Waals surface area contributed by atoms with Gasteiger partial charge in [-0.3, -0.25) is 14.7 Å². The first kappa shape index (κ1) is 16.5. The summed E-state index contributed by atoms with van der Waals surface area (Å²) in [6.45, 7) is 0. The molecule has 0 bridgehead atoms. The van der Waals surface area contributed by atoms with Crippen molar-refractivity contribution in [2.24, 2.45) is 5.92 Å². The molecule has 0 saturated heterocycles. The molecular weight excluding hydrogens is 304 g/mol. The van der Waals surface area contributed by atoms with Gasteiger partial charge < -0.3 is 10.3 Å². The molecule has 24 heavy (non-hydrogen) atoms. The molecule has 2 heterocycles. The Kier molecular flexibility index (Phi) is 5.46. The number of carbonyl (C=O) groups is 1. The molecule has 3 rings (SSSR count). The number of hydrogen-bond acceptors (Lipinski definition) is 3. The van der Waals surface area contributed by atoms with Crippen molar-refractivity contribution >= 4 is 11.7 Å². The van der Waals surface area contributed by atoms with E-state index in [2.05, 4.69) is 20.5 Å². The van der Waals surface area contributed by atoms with E-state index in [1.54, 1.807) is 12.3 Å². The van der Waals surface area contributed by atoms with Crippen LogP contribution in [0.25, 0.3) is 0 Å². The minimum absolute atomic E-state index is 0.0723. The Morgan fingerprint density at radius 1 is 1.25 bits per heavy atom. The zero-order valence-electron chi connectivity index (χ0n) is 13.8. The topological polar surface area (TPSA) is 90.6 Å². The van der Waals surface area contributed by atoms with E-state index in [0.717, 1.165) is 23.6 Å². The van der Waals surface area contributed by atoms with Crippen LogP contribution in [0, 0.1) is 5.92 Å². The summed E-state index contributed by atoms with van der Waals surface area (Å²) in [5, 5.41) is 10.0. The lowest BCUT2D eigenvalue weighted by atomic mass is 9.86. The maximum absolute atomic E-state index is 12.0. The molecule has 0 aromatic carbocycles. The zero-order valence-corrected chi connectivity index (χ0v) is 13.8. The fourth-order valence-electron chi connectivity index (χ4n) is 3.29. The Hall–Kier alpha value is -2.37. The van der Waals surface area contributed by atoms with Crippen LogP contribution in [0.5, 0.6) is 0 Å². The summed E-state index contributed by atoms with van der Waals surface area (Å²) in [5.41, 5.74) is 1.90. The highest BCUT2D eigenvalue weighted by Crippen LogP contribution is 2.26. The molecule has 0 radical (unpaired) electrons. The fraction of sp³-hybridized carbons (Fsp3) is 0.500. The lowest BCUT2D eigenvalue weighted by Crippen LogP contribution is -2.13. The third-order valence-corrected chi connectivity index (χ3v) is 4.62. The van der Waals surface area contributed by atoms with Gasteiger partial charge in [-0.25, -0.2) is 0 Å². The van der Waals surface area contributed by atoms with E-state index in [0.29, 0.717) is 18.7 Å². The second kappa shape index (κ2) is 7.95. The summed E-state index contributed by atoms with van der Waals surface area (Å²) in [6, 6.07) is 5.15. The number of hydrogen-bond donors (Lipinski definition) is 3. The third kappa shape index (κ3) is 4.81. The van der Waals surface area contributed by atoms with Crippen LogP contribution in [0.2, 0.25) is 0 Å². The van der Waals surface area contributed by atoms with Gasteiger partial charge in [-0.2, -0.15) is 5.10 Å². The average molecular weight is 328 g/mol. The van der Waals surface area contributed by atoms with Crippen molar-refractivity contribution in [3.05, 3.63) is 46.0 Å². The first-order valence-electron chi connectivity index (χ1n) is 8.71. The van der Waals surface area contributed by atoms with Crippen molar-refractivity contribution < 1.29 is 4.79 Å². The number of pyridine rings is 1. The van der Waals surface area contributed by atoms with Gasteiger partial charge in [0.15, 0.2) is 5.82 Å². The summed E-state index contributed by atoms with van der Waals surface area (Å²) in [7, 11) is 0. The fourth-order valence-corrected chi connectivity index (χ4v) is 3.29. The maximum Gasteiger partial charge on any atom is 0.247 e. The number of aryl methyl sites for hydroxylation is 1. The van der Waals surface area contributed by atoms with Crippen LogP contribution >= 0.6 is 0 Å². The first-order valence-corrected chi connectivity index (χ1v) is 8.71. The minimum Gasteiger partial charge on any atom is -0.329 e. The van der Waals surface area contributed by atoms with Gasteiger partial charge in [0.25, 0.3) is 0 Å². The predicted octanol–water partition coefficient (Wildman–Crippen LogP) is 2.79. The molecule has 0 unspecified atom stereocenters. The van der Waals surface area contributed by atoms with Gasteiger partial charge in [-0.1, -0.05) is 38.2 Å². The number of nitrogens with zero attached hydrogens (tertiary/aromatic N) is 1. The zero-order chi connectivity index (χ0) is 16.8. The van der Waals surface area contributed by atoms with Crippen molar-refractivity contribution in [3.63, 3.8) is 0 Å². The van der Waals surface area contributed by atoms with Crippen LogP contribution in [0.3, 0.4) is 0 Å². The van der Waals surface area contributed by atoms with Crippen LogP contribution in [0.15, 0.2) is 29.2 Å². The second-order valence-electron chi connectivity index (χ2n) is 6.60. The van der Waals surface area contributed by atoms with E-state index in [9.17, 15) is 9.59 Å². The highest BCUT2D eigenvalue weighted by atomic mass is 16.1. The molecule has 0 atom stereocenters. The number of rotatable bonds is 6. The highest BCUT2D eigenvalue weighted by molar-refractivity contribution is 5.89. The standard InChI is InChI=1S/C18H24N4O2/c23-17-8-6-14(12-19-17)7-9-18(24)20-16-11-15(21-22-16)10-13-4-2-1-3-5-13/h6,8,11-13H,1-5,7,9-10H2,(H,19,23)(H2,20,21,22,24). The van der Waals surface area contributed by atoms with Crippen molar-refractivity contribution in [2.45, 2.75) is 51.4 Å². The van der Waals surface area contributed by atoms with Gasteiger partial charge in [0.1, 0.15) is 0 Å². The lowest BCUT2D eigenvalue weighted by Gasteiger charge is -2.20. The van der Waals surface area contributed by atoms with Gasteiger partial charge in [-0.15, -0.1) is 0 Å². The number of anilines is 1. The van der Waals surface area contributed by atoms with Crippen LogP contribution in [-0.4, -0.2) is 21.1 Å². The Balaban J connectivity index is 1.46. The Morgan fingerprint density at radius 2 is 2.08 bits per heavy atom. The molecule has 0 spiro atoms. The SMILES string of the molecule is O=C(CCc1ccc(=O)[nH]c1)Nc1cc(CC2CCCCC2)[nH]n1. The average Bonchev–Trinajstić information content (AvgIpc) is 3.02. The van der Waals surface area contributed by atoms with E-state index in [-0.39, 0.29) is 11.5 Å². The molecule has 2 aromatic rings. The van der Waals surface area contributed by atoms with E-state index in [1.165, 1.54) is 38.2 Å². The van der Waals surface area contributed by atoms with Gasteiger partial charge in [0.05, 0.1) is 0 Å². The van der Waals surface area contributed by atoms with E-state index in [4.69, 9.17) is 0 Å². The van der Waals surface area contributed by atoms with Crippen LogP contribution in [0.1, 0.15) is 49.8 Å². The van der Waals surface area contributed by atoms with Gasteiger partial charge >= 0.3 is 0 Å². The second-order valence-corrected chi connectivity index (χ2v) is 6.60. The number of nitrogens with one attached hydrogen (secondary N) is 3. The van der Waals surface area contributed by atoms with Crippen molar-refractivity contribution in [1.29, 1.82) is 0 Å². The molecule has 1 amide bonds. The van der Waals surface area contributed by atoms with E-state index >= 15 is 0 Å². The predicted molar refractivity (Wildman–Crippen MR) is 92.9 cm³/mol. The quantitative estimate of drug-likeness (QED) is 0.761. The molecule has 128 valence electrons. The number of aromatic nitrogens is 3. The van der Waals surface area contributed by atoms with Crippen LogP contribution in [0.4, 0.5) is 5.82 Å². The smallest absolute Gasteiger partial charge is 0.247 e. The molecule has 1 aliphatic carbocycles. The van der Waals surface area contributed by atoms with Gasteiger partial charge in [0.2, 0.25) is 11.5 Å². The first-order chi connectivity index (χ1) is 11.7. The van der Waals surface area contributed by atoms with E-state index < -0.39 is 0 Å². The largest absolute Gasteiger partial charge is 0.329 e. The Morgan fingerprint density at radius 3 is 2.83 bits per heavy atom. The number of carbonyl (C=O) groups excluding carboxylic acids is 1. The van der Waals surface area contributed by atoms with Crippen molar-refractivity contribution in [1.82, 2.24) is 15.2 Å². The third-order valence-electron chi connectivity index (χ3n) is 4.62. The molecule has 6 heteroatoms. The molecule has 0 aliphatic heterocycles. The van der Waals surface area contributed by atoms with Gasteiger partial charge in [0, 0.05) is 30.4 Å². The molecule has 2 aromatic heterocycles. The van der Waals surface area contributed by atoms with Crippen molar-refractivity contribution in [2.75, 3.05) is 5.32 Å². The molecule has 1 saturated carbocycles. The summed E-state index contributed by atoms with van der Waals surface area (Å²) >= 11 is 0. The summed E-state index contributed by atoms with van der Waals surface area (Å²) in [6.07, 6.45) is 10.2. The number of H-pyrrole nitrogens is 2. The van der Waals surface area contributed by atoms with Gasteiger partial charge in [-0.05, 0) is 24.3 Å².